The lowest BCUT2D eigenvalue weighted by atomic mass is 9.90. The van der Waals surface area contributed by atoms with Gasteiger partial charge in [0.15, 0.2) is 0 Å². The van der Waals surface area contributed by atoms with E-state index < -0.39 is 28.6 Å². The molecule has 21 heavy (non-hydrogen) atoms. The number of hydrogen-bond donors (Lipinski definition) is 1. The zero-order valence-electron chi connectivity index (χ0n) is 11.3. The number of halogens is 4. The van der Waals surface area contributed by atoms with Crippen molar-refractivity contribution < 1.29 is 22.8 Å². The van der Waals surface area contributed by atoms with Gasteiger partial charge in [-0.3, -0.25) is 9.59 Å². The fourth-order valence-electron chi connectivity index (χ4n) is 2.39. The van der Waals surface area contributed by atoms with E-state index in [-0.39, 0.29) is 37.5 Å². The van der Waals surface area contributed by atoms with Gasteiger partial charge in [-0.05, 0) is 12.3 Å². The van der Waals surface area contributed by atoms with Crippen LogP contribution in [0, 0.1) is 5.92 Å². The summed E-state index contributed by atoms with van der Waals surface area (Å²) in [5.74, 6) is -1.37. The Morgan fingerprint density at radius 3 is 2.71 bits per heavy atom. The van der Waals surface area contributed by atoms with Gasteiger partial charge < -0.3 is 10.2 Å². The van der Waals surface area contributed by atoms with Gasteiger partial charge in [-0.2, -0.15) is 13.2 Å². The highest BCUT2D eigenvalue weighted by Crippen LogP contribution is 2.41. The SMILES string of the molecule is CC1C=C(C(F)(F)F)C(Cl)=C(C(=O)N2CCNC(=O)C2)C1. The lowest BCUT2D eigenvalue weighted by Crippen LogP contribution is -2.50. The van der Waals surface area contributed by atoms with Crippen LogP contribution in [0.3, 0.4) is 0 Å². The monoisotopic (exact) mass is 322 g/mol. The van der Waals surface area contributed by atoms with Crippen molar-refractivity contribution in [3.05, 3.63) is 22.3 Å². The number of rotatable bonds is 1. The van der Waals surface area contributed by atoms with Crippen molar-refractivity contribution in [1.82, 2.24) is 10.2 Å². The van der Waals surface area contributed by atoms with E-state index in [1.54, 1.807) is 6.92 Å². The number of amides is 2. The number of carbonyl (C=O) groups is 2. The zero-order chi connectivity index (χ0) is 15.8. The van der Waals surface area contributed by atoms with E-state index in [1.165, 1.54) is 4.90 Å². The molecular weight excluding hydrogens is 309 g/mol. The third-order valence-electron chi connectivity index (χ3n) is 3.37. The highest BCUT2D eigenvalue weighted by atomic mass is 35.5. The van der Waals surface area contributed by atoms with Crippen LogP contribution in [0.25, 0.3) is 0 Å². The van der Waals surface area contributed by atoms with Crippen LogP contribution in [0.4, 0.5) is 13.2 Å². The fraction of sp³-hybridized carbons (Fsp3) is 0.538. The maximum Gasteiger partial charge on any atom is 0.417 e. The molecule has 0 aromatic rings. The van der Waals surface area contributed by atoms with Crippen molar-refractivity contribution in [3.63, 3.8) is 0 Å². The predicted octanol–water partition coefficient (Wildman–Crippen LogP) is 1.97. The predicted molar refractivity (Wildman–Crippen MR) is 70.4 cm³/mol. The van der Waals surface area contributed by atoms with Crippen LogP contribution in [-0.2, 0) is 9.59 Å². The van der Waals surface area contributed by atoms with Crippen LogP contribution >= 0.6 is 11.6 Å². The molecule has 1 aliphatic heterocycles. The van der Waals surface area contributed by atoms with E-state index in [9.17, 15) is 22.8 Å². The van der Waals surface area contributed by atoms with E-state index in [1.807, 2.05) is 0 Å². The minimum absolute atomic E-state index is 0.0753. The Kier molecular flexibility index (Phi) is 4.32. The summed E-state index contributed by atoms with van der Waals surface area (Å²) in [6.07, 6.45) is -3.44. The first-order valence-corrected chi connectivity index (χ1v) is 6.82. The quantitative estimate of drug-likeness (QED) is 0.802. The number of nitrogens with one attached hydrogen (secondary N) is 1. The second-order valence-corrected chi connectivity index (χ2v) is 5.51. The maximum absolute atomic E-state index is 12.9. The van der Waals surface area contributed by atoms with Crippen LogP contribution in [-0.4, -0.2) is 42.5 Å². The molecular formula is C13H14ClF3N2O2. The summed E-state index contributed by atoms with van der Waals surface area (Å²) in [5.41, 5.74) is -1.05. The summed E-state index contributed by atoms with van der Waals surface area (Å²) in [5, 5.41) is 1.99. The molecule has 1 heterocycles. The molecule has 8 heteroatoms. The number of piperazine rings is 1. The average Bonchev–Trinajstić information content (AvgIpc) is 2.39. The lowest BCUT2D eigenvalue weighted by Gasteiger charge is -2.30. The first-order valence-electron chi connectivity index (χ1n) is 6.44. The van der Waals surface area contributed by atoms with Crippen LogP contribution in [0.1, 0.15) is 13.3 Å². The molecule has 116 valence electrons. The molecule has 1 saturated heterocycles. The van der Waals surface area contributed by atoms with Gasteiger partial charge in [-0.25, -0.2) is 0 Å². The Bertz CT molecular complexity index is 540. The van der Waals surface area contributed by atoms with E-state index in [0.717, 1.165) is 6.08 Å². The molecule has 0 radical (unpaired) electrons. The second kappa shape index (κ2) is 5.71. The van der Waals surface area contributed by atoms with Crippen LogP contribution in [0.5, 0.6) is 0 Å². The highest BCUT2D eigenvalue weighted by Gasteiger charge is 2.40. The molecule has 2 aliphatic rings. The molecule has 0 aromatic carbocycles. The summed E-state index contributed by atoms with van der Waals surface area (Å²) in [6.45, 7) is 1.97. The van der Waals surface area contributed by atoms with E-state index in [0.29, 0.717) is 0 Å². The normalized spacial score (nSPS) is 23.9. The van der Waals surface area contributed by atoms with Gasteiger partial charge in [-0.1, -0.05) is 24.6 Å². The first-order chi connectivity index (χ1) is 9.70. The maximum atomic E-state index is 12.9. The Hall–Kier alpha value is -1.50. The van der Waals surface area contributed by atoms with Crippen molar-refractivity contribution in [2.45, 2.75) is 19.5 Å². The fourth-order valence-corrected chi connectivity index (χ4v) is 2.72. The number of alkyl halides is 3. The minimum atomic E-state index is -4.60. The number of hydrogen-bond acceptors (Lipinski definition) is 2. The standard InChI is InChI=1S/C13H14ClF3N2O2/c1-7-4-8(11(14)9(5-7)13(15,16)17)12(21)19-3-2-18-10(20)6-19/h5,7H,2-4,6H2,1H3,(H,18,20). The Morgan fingerprint density at radius 1 is 1.48 bits per heavy atom. The van der Waals surface area contributed by atoms with Gasteiger partial charge in [0.25, 0.3) is 5.91 Å². The average molecular weight is 323 g/mol. The molecule has 1 N–H and O–H groups in total. The van der Waals surface area contributed by atoms with E-state index >= 15 is 0 Å². The van der Waals surface area contributed by atoms with Crippen LogP contribution in [0.15, 0.2) is 22.3 Å². The molecule has 0 bridgehead atoms. The third kappa shape index (κ3) is 3.40. The van der Waals surface area contributed by atoms with Crippen molar-refractivity contribution in [1.29, 1.82) is 0 Å². The summed E-state index contributed by atoms with van der Waals surface area (Å²) in [6, 6.07) is 0. The highest BCUT2D eigenvalue weighted by molar-refractivity contribution is 6.34. The van der Waals surface area contributed by atoms with Crippen molar-refractivity contribution in [2.24, 2.45) is 5.92 Å². The summed E-state index contributed by atoms with van der Waals surface area (Å²) in [7, 11) is 0. The minimum Gasteiger partial charge on any atom is -0.353 e. The molecule has 0 aromatic heterocycles. The van der Waals surface area contributed by atoms with Gasteiger partial charge in [-0.15, -0.1) is 0 Å². The molecule has 2 rings (SSSR count). The third-order valence-corrected chi connectivity index (χ3v) is 3.80. The zero-order valence-corrected chi connectivity index (χ0v) is 12.0. The number of carbonyl (C=O) groups excluding carboxylic acids is 2. The Balaban J connectivity index is 2.31. The van der Waals surface area contributed by atoms with Gasteiger partial charge in [0, 0.05) is 18.7 Å². The van der Waals surface area contributed by atoms with Gasteiger partial charge in [0.1, 0.15) is 0 Å². The summed E-state index contributed by atoms with van der Waals surface area (Å²) >= 11 is 5.79. The Labute approximate surface area is 124 Å². The number of nitrogens with zero attached hydrogens (tertiary/aromatic N) is 1. The van der Waals surface area contributed by atoms with Crippen molar-refractivity contribution >= 4 is 23.4 Å². The molecule has 0 saturated carbocycles. The topological polar surface area (TPSA) is 49.4 Å². The summed E-state index contributed by atoms with van der Waals surface area (Å²) < 4.78 is 38.8. The molecule has 2 amide bonds. The van der Waals surface area contributed by atoms with Crippen molar-refractivity contribution in [2.75, 3.05) is 19.6 Å². The van der Waals surface area contributed by atoms with Crippen molar-refractivity contribution in [3.8, 4) is 0 Å². The molecule has 4 nitrogen and oxygen atoms in total. The summed E-state index contributed by atoms with van der Waals surface area (Å²) in [4.78, 5) is 24.8. The van der Waals surface area contributed by atoms with Crippen LogP contribution < -0.4 is 5.32 Å². The first kappa shape index (κ1) is 15.9. The van der Waals surface area contributed by atoms with Crippen LogP contribution in [0.2, 0.25) is 0 Å². The molecule has 1 unspecified atom stereocenters. The Morgan fingerprint density at radius 2 is 2.14 bits per heavy atom. The number of allylic oxidation sites excluding steroid dienone is 3. The van der Waals surface area contributed by atoms with Gasteiger partial charge in [0.2, 0.25) is 5.91 Å². The van der Waals surface area contributed by atoms with Gasteiger partial charge >= 0.3 is 6.18 Å². The molecule has 1 fully saturated rings. The smallest absolute Gasteiger partial charge is 0.353 e. The molecule has 0 spiro atoms. The molecule has 1 aliphatic carbocycles. The van der Waals surface area contributed by atoms with E-state index in [4.69, 9.17) is 11.6 Å². The van der Waals surface area contributed by atoms with E-state index in [2.05, 4.69) is 5.32 Å². The second-order valence-electron chi connectivity index (χ2n) is 5.13. The molecule has 1 atom stereocenters. The largest absolute Gasteiger partial charge is 0.417 e. The van der Waals surface area contributed by atoms with Gasteiger partial charge in [0.05, 0.1) is 17.2 Å². The lowest BCUT2D eigenvalue weighted by molar-refractivity contribution is -0.135.